The number of likely N-dealkylation sites (tertiary alicyclic amines) is 1. The molecule has 0 spiro atoms. The lowest BCUT2D eigenvalue weighted by Gasteiger charge is -2.16. The molecule has 1 aromatic rings. The zero-order valence-corrected chi connectivity index (χ0v) is 9.97. The second kappa shape index (κ2) is 4.30. The Morgan fingerprint density at radius 2 is 2.28 bits per heavy atom. The van der Waals surface area contributed by atoms with Gasteiger partial charge in [0.15, 0.2) is 0 Å². The Labute approximate surface area is 105 Å². The number of rotatable bonds is 3. The summed E-state index contributed by atoms with van der Waals surface area (Å²) in [5.41, 5.74) is 1.27. The Morgan fingerprint density at radius 1 is 1.44 bits per heavy atom. The maximum atomic E-state index is 11.8. The van der Waals surface area contributed by atoms with Gasteiger partial charge in [0.1, 0.15) is 11.8 Å². The van der Waals surface area contributed by atoms with Crippen LogP contribution >= 0.6 is 0 Å². The second-order valence-corrected chi connectivity index (χ2v) is 4.87. The predicted octanol–water partition coefficient (Wildman–Crippen LogP) is 1.13. The minimum absolute atomic E-state index is 0.160. The van der Waals surface area contributed by atoms with Gasteiger partial charge in [-0.3, -0.25) is 4.79 Å². The van der Waals surface area contributed by atoms with E-state index < -0.39 is 0 Å². The Morgan fingerprint density at radius 3 is 2.89 bits per heavy atom. The van der Waals surface area contributed by atoms with Gasteiger partial charge >= 0.3 is 0 Å². The number of nitriles is 1. The van der Waals surface area contributed by atoms with E-state index in [4.69, 9.17) is 5.26 Å². The van der Waals surface area contributed by atoms with Crippen molar-refractivity contribution in [2.45, 2.75) is 31.3 Å². The number of carbonyl (C=O) groups excluding carboxylic acids is 1. The van der Waals surface area contributed by atoms with E-state index in [1.807, 2.05) is 17.0 Å². The highest BCUT2D eigenvalue weighted by atomic mass is 16.2. The van der Waals surface area contributed by atoms with E-state index in [9.17, 15) is 4.79 Å². The quantitative estimate of drug-likeness (QED) is 0.862. The molecule has 5 heteroatoms. The summed E-state index contributed by atoms with van der Waals surface area (Å²) in [6.45, 7) is 0.781. The molecule has 0 bridgehead atoms. The molecule has 0 radical (unpaired) electrons. The predicted molar refractivity (Wildman–Crippen MR) is 65.7 cm³/mol. The number of aromatic nitrogens is 1. The number of nitrogens with zero attached hydrogens (tertiary/aromatic N) is 3. The topological polar surface area (TPSA) is 69.0 Å². The lowest BCUT2D eigenvalue weighted by atomic mass is 10.2. The second-order valence-electron chi connectivity index (χ2n) is 4.87. The van der Waals surface area contributed by atoms with E-state index in [1.54, 1.807) is 12.3 Å². The number of anilines is 1. The van der Waals surface area contributed by atoms with Crippen LogP contribution in [-0.2, 0) is 4.79 Å². The van der Waals surface area contributed by atoms with E-state index in [0.29, 0.717) is 18.2 Å². The van der Waals surface area contributed by atoms with Gasteiger partial charge in [-0.25, -0.2) is 4.98 Å². The highest BCUT2D eigenvalue weighted by molar-refractivity contribution is 5.80. The van der Waals surface area contributed by atoms with Crippen LogP contribution in [0.1, 0.15) is 25.0 Å². The molecule has 1 atom stereocenters. The van der Waals surface area contributed by atoms with Gasteiger partial charge in [-0.2, -0.15) is 5.26 Å². The zero-order chi connectivity index (χ0) is 12.5. The maximum absolute atomic E-state index is 11.8. The maximum Gasteiger partial charge on any atom is 0.225 e. The van der Waals surface area contributed by atoms with Gasteiger partial charge in [0.05, 0.1) is 17.9 Å². The number of pyridine rings is 1. The van der Waals surface area contributed by atoms with Crippen molar-refractivity contribution < 1.29 is 4.79 Å². The van der Waals surface area contributed by atoms with Crippen LogP contribution in [0.5, 0.6) is 0 Å². The molecule has 0 unspecified atom stereocenters. The third-order valence-electron chi connectivity index (χ3n) is 3.39. The number of amides is 1. The Balaban J connectivity index is 1.63. The minimum atomic E-state index is 0.160. The molecule has 92 valence electrons. The molecule has 5 nitrogen and oxygen atoms in total. The Bertz CT molecular complexity index is 501. The highest BCUT2D eigenvalue weighted by Crippen LogP contribution is 2.31. The summed E-state index contributed by atoms with van der Waals surface area (Å²) in [5, 5.41) is 12.0. The van der Waals surface area contributed by atoms with E-state index in [1.165, 1.54) is 0 Å². The first-order valence-corrected chi connectivity index (χ1v) is 6.18. The smallest absolute Gasteiger partial charge is 0.225 e. The monoisotopic (exact) mass is 242 g/mol. The standard InChI is InChI=1S/C13H14N4O/c14-6-9-1-2-10(7-15-9)16-11-5-13(18)17(8-11)12-3-4-12/h1-2,7,11-12,16H,3-5,8H2/t11-/m0/s1. The highest BCUT2D eigenvalue weighted by Gasteiger charge is 2.39. The largest absolute Gasteiger partial charge is 0.379 e. The molecule has 18 heavy (non-hydrogen) atoms. The van der Waals surface area contributed by atoms with Gasteiger partial charge < -0.3 is 10.2 Å². The summed E-state index contributed by atoms with van der Waals surface area (Å²) in [6.07, 6.45) is 4.49. The first kappa shape index (κ1) is 11.0. The summed E-state index contributed by atoms with van der Waals surface area (Å²) in [5.74, 6) is 0.247. The summed E-state index contributed by atoms with van der Waals surface area (Å²) >= 11 is 0. The van der Waals surface area contributed by atoms with Crippen LogP contribution in [0.4, 0.5) is 5.69 Å². The molecule has 1 amide bonds. The molecule has 1 saturated heterocycles. The summed E-state index contributed by atoms with van der Waals surface area (Å²) in [6, 6.07) is 6.14. The first-order chi connectivity index (χ1) is 8.76. The Hall–Kier alpha value is -2.09. The first-order valence-electron chi connectivity index (χ1n) is 6.18. The molecule has 1 aliphatic carbocycles. The summed E-state index contributed by atoms with van der Waals surface area (Å²) in [4.78, 5) is 17.8. The molecule has 1 aromatic heterocycles. The number of nitrogens with one attached hydrogen (secondary N) is 1. The van der Waals surface area contributed by atoms with Gasteiger partial charge in [0, 0.05) is 19.0 Å². The average Bonchev–Trinajstić information content (AvgIpc) is 3.15. The lowest BCUT2D eigenvalue weighted by Crippen LogP contribution is -2.29. The van der Waals surface area contributed by atoms with Crippen LogP contribution in [0, 0.1) is 11.3 Å². The van der Waals surface area contributed by atoms with Gasteiger partial charge in [0.25, 0.3) is 0 Å². The molecule has 2 heterocycles. The fraction of sp³-hybridized carbons (Fsp3) is 0.462. The van der Waals surface area contributed by atoms with Gasteiger partial charge in [-0.05, 0) is 25.0 Å². The van der Waals surface area contributed by atoms with Gasteiger partial charge in [-0.1, -0.05) is 0 Å². The average molecular weight is 242 g/mol. The molecule has 3 rings (SSSR count). The summed E-state index contributed by atoms with van der Waals surface area (Å²) in [7, 11) is 0. The van der Waals surface area contributed by atoms with Crippen LogP contribution in [-0.4, -0.2) is 34.4 Å². The molecule has 2 aliphatic rings. The van der Waals surface area contributed by atoms with Crippen molar-refractivity contribution in [3.8, 4) is 6.07 Å². The van der Waals surface area contributed by atoms with E-state index in [-0.39, 0.29) is 11.9 Å². The third kappa shape index (κ3) is 2.14. The van der Waals surface area contributed by atoms with Gasteiger partial charge in [-0.15, -0.1) is 0 Å². The SMILES string of the molecule is N#Cc1ccc(N[C@H]2CC(=O)N(C3CC3)C2)cn1. The molecule has 1 N–H and O–H groups in total. The van der Waals surface area contributed by atoms with Crippen molar-refractivity contribution in [2.24, 2.45) is 0 Å². The minimum Gasteiger partial charge on any atom is -0.379 e. The third-order valence-corrected chi connectivity index (χ3v) is 3.39. The lowest BCUT2D eigenvalue weighted by molar-refractivity contribution is -0.128. The fourth-order valence-electron chi connectivity index (χ4n) is 2.35. The van der Waals surface area contributed by atoms with Crippen molar-refractivity contribution in [1.82, 2.24) is 9.88 Å². The Kier molecular flexibility index (Phi) is 2.63. The molecule has 1 aliphatic heterocycles. The molecular formula is C13H14N4O. The van der Waals surface area contributed by atoms with Crippen LogP contribution in [0.15, 0.2) is 18.3 Å². The fourth-order valence-corrected chi connectivity index (χ4v) is 2.35. The molecule has 1 saturated carbocycles. The number of hydrogen-bond donors (Lipinski definition) is 1. The van der Waals surface area contributed by atoms with Crippen LogP contribution in [0.25, 0.3) is 0 Å². The van der Waals surface area contributed by atoms with E-state index in [0.717, 1.165) is 25.1 Å². The van der Waals surface area contributed by atoms with Crippen molar-refractivity contribution in [2.75, 3.05) is 11.9 Å². The van der Waals surface area contributed by atoms with E-state index in [2.05, 4.69) is 10.3 Å². The van der Waals surface area contributed by atoms with E-state index >= 15 is 0 Å². The molecule has 2 fully saturated rings. The summed E-state index contributed by atoms with van der Waals surface area (Å²) < 4.78 is 0. The molecular weight excluding hydrogens is 228 g/mol. The van der Waals surface area contributed by atoms with Crippen LogP contribution < -0.4 is 5.32 Å². The van der Waals surface area contributed by atoms with Crippen LogP contribution in [0.3, 0.4) is 0 Å². The normalized spacial score (nSPS) is 22.9. The van der Waals surface area contributed by atoms with Crippen LogP contribution in [0.2, 0.25) is 0 Å². The van der Waals surface area contributed by atoms with Crippen molar-refractivity contribution in [1.29, 1.82) is 5.26 Å². The van der Waals surface area contributed by atoms with Crippen molar-refractivity contribution in [3.05, 3.63) is 24.0 Å². The van der Waals surface area contributed by atoms with Crippen molar-refractivity contribution >= 4 is 11.6 Å². The zero-order valence-electron chi connectivity index (χ0n) is 9.97. The number of carbonyl (C=O) groups is 1. The molecule has 0 aromatic carbocycles. The van der Waals surface area contributed by atoms with Crippen molar-refractivity contribution in [3.63, 3.8) is 0 Å². The van der Waals surface area contributed by atoms with Gasteiger partial charge in [0.2, 0.25) is 5.91 Å². The number of hydrogen-bond acceptors (Lipinski definition) is 4.